The predicted molar refractivity (Wildman–Crippen MR) is 188 cm³/mol. The van der Waals surface area contributed by atoms with Gasteiger partial charge in [-0.2, -0.15) is 39.5 Å². The van der Waals surface area contributed by atoms with E-state index in [9.17, 15) is 63.0 Å². The van der Waals surface area contributed by atoms with E-state index >= 15 is 0 Å². The van der Waals surface area contributed by atoms with Gasteiger partial charge in [0, 0.05) is 28.4 Å². The van der Waals surface area contributed by atoms with Gasteiger partial charge in [0.2, 0.25) is 5.28 Å². The Morgan fingerprint density at radius 1 is 0.741 bits per heavy atom. The van der Waals surface area contributed by atoms with Crippen molar-refractivity contribution in [1.29, 1.82) is 0 Å². The molecule has 7 rings (SSSR count). The highest BCUT2D eigenvalue weighted by molar-refractivity contribution is 6.28. The zero-order chi connectivity index (χ0) is 42.3. The summed E-state index contributed by atoms with van der Waals surface area (Å²) in [5.41, 5.74) is -2.69. The van der Waals surface area contributed by atoms with Gasteiger partial charge in [0.05, 0.1) is 33.5 Å². The van der Waals surface area contributed by atoms with Gasteiger partial charge in [-0.15, -0.1) is 0 Å². The van der Waals surface area contributed by atoms with Crippen molar-refractivity contribution in [2.75, 3.05) is 5.32 Å². The summed E-state index contributed by atoms with van der Waals surface area (Å²) in [5, 5.41) is 10.9. The summed E-state index contributed by atoms with van der Waals surface area (Å²) in [5.74, 6) is -3.55. The highest BCUT2D eigenvalue weighted by atomic mass is 35.5. The second-order valence-corrected chi connectivity index (χ2v) is 13.0. The van der Waals surface area contributed by atoms with Crippen molar-refractivity contribution < 1.29 is 63.0 Å². The Morgan fingerprint density at radius 2 is 1.41 bits per heavy atom. The van der Waals surface area contributed by atoms with E-state index in [1.54, 1.807) is 23.5 Å². The Balaban J connectivity index is 0.000000196. The number of amides is 1. The molecule has 1 aliphatic rings. The number of carboxylic acids is 1. The molecule has 0 aliphatic heterocycles. The van der Waals surface area contributed by atoms with Crippen LogP contribution in [0, 0.1) is 11.6 Å². The number of nitrogens with one attached hydrogen (secondary N) is 1. The minimum atomic E-state index is -5.21. The molecule has 6 aromatic rings. The van der Waals surface area contributed by atoms with Gasteiger partial charge in [0.1, 0.15) is 11.6 Å². The van der Waals surface area contributed by atoms with Crippen LogP contribution < -0.4 is 5.32 Å². The molecule has 0 bridgehead atoms. The van der Waals surface area contributed by atoms with E-state index in [2.05, 4.69) is 9.97 Å². The molecule has 1 aliphatic carbocycles. The van der Waals surface area contributed by atoms with Crippen LogP contribution in [-0.4, -0.2) is 31.9 Å². The molecule has 0 radical (unpaired) electrons. The molecular weight excluding hydrogens is 817 g/mol. The highest BCUT2D eigenvalue weighted by Gasteiger charge is 2.40. The Bertz CT molecular complexity index is 2560. The number of benzene rings is 4. The monoisotopic (exact) mass is 838 g/mol. The fourth-order valence-corrected chi connectivity index (χ4v) is 6.44. The second kappa shape index (κ2) is 15.6. The fourth-order valence-electron chi connectivity index (χ4n) is 6.30. The lowest BCUT2D eigenvalue weighted by Crippen LogP contribution is -2.21. The van der Waals surface area contributed by atoms with Crippen LogP contribution in [0.2, 0.25) is 5.28 Å². The van der Waals surface area contributed by atoms with Gasteiger partial charge < -0.3 is 10.4 Å². The van der Waals surface area contributed by atoms with Crippen molar-refractivity contribution in [1.82, 2.24) is 15.0 Å². The molecule has 19 heteroatoms. The van der Waals surface area contributed by atoms with Crippen molar-refractivity contribution in [3.8, 4) is 22.4 Å². The summed E-state index contributed by atoms with van der Waals surface area (Å²) < 4.78 is 144. The molecule has 0 saturated heterocycles. The Hall–Kier alpha value is -6.17. The normalized spacial score (nSPS) is 12.8. The largest absolute Gasteiger partial charge is 0.478 e. The molecule has 2 aromatic heterocycles. The average molecular weight is 839 g/mol. The number of rotatable bonds is 4. The van der Waals surface area contributed by atoms with E-state index in [0.717, 1.165) is 29.5 Å². The number of carbonyl (C=O) groups is 2. The molecule has 0 unspecified atom stereocenters. The maximum Gasteiger partial charge on any atom is 0.434 e. The number of hydrogen-bond donors (Lipinski definition) is 2. The van der Waals surface area contributed by atoms with Crippen molar-refractivity contribution in [3.63, 3.8) is 0 Å². The lowest BCUT2D eigenvalue weighted by atomic mass is 9.93. The quantitative estimate of drug-likeness (QED) is 0.135. The maximum atomic E-state index is 14.3. The summed E-state index contributed by atoms with van der Waals surface area (Å²) in [6.07, 6.45) is -13.3. The van der Waals surface area contributed by atoms with Crippen molar-refractivity contribution in [3.05, 3.63) is 141 Å². The molecular formula is C39H22ClF11N4O3. The first-order valence-electron chi connectivity index (χ1n) is 16.6. The molecule has 2 heterocycles. The van der Waals surface area contributed by atoms with E-state index in [-0.39, 0.29) is 29.6 Å². The lowest BCUT2D eigenvalue weighted by molar-refractivity contribution is -0.143. The van der Waals surface area contributed by atoms with E-state index < -0.39 is 69.6 Å². The smallest absolute Gasteiger partial charge is 0.434 e. The number of anilines is 1. The molecule has 300 valence electrons. The van der Waals surface area contributed by atoms with Gasteiger partial charge in [-0.3, -0.25) is 4.79 Å². The van der Waals surface area contributed by atoms with Crippen LogP contribution in [0.4, 0.5) is 54.0 Å². The topological polar surface area (TPSA) is 105 Å². The number of halogens is 12. The standard InChI is InChI=1S/C25H17F2NO2.C14H5ClF9N3O/c26-16-9-11-22-20(13-16)23(25(29)30)19-6-3-4-14-12-15(8-10-18(14)24(19)28-22)17-5-1-2-7-21(17)27;15-11-25-4-8(9(27-11)14(22,23)24)10(28)26-7-2-5(12(16,17)18)1-6(3-7)13(19,20)21/h1-2,5,7-13H,3-4,6H2,(H,29,30);1-4H,(H,26,28). The van der Waals surface area contributed by atoms with Gasteiger partial charge in [-0.25, -0.2) is 28.5 Å². The van der Waals surface area contributed by atoms with Gasteiger partial charge in [-0.05, 0) is 90.0 Å². The fraction of sp³-hybridized carbons (Fsp3) is 0.154. The van der Waals surface area contributed by atoms with Crippen molar-refractivity contribution in [2.24, 2.45) is 0 Å². The van der Waals surface area contributed by atoms with Crippen molar-refractivity contribution in [2.45, 2.75) is 37.8 Å². The van der Waals surface area contributed by atoms with Gasteiger partial charge in [-0.1, -0.05) is 36.4 Å². The van der Waals surface area contributed by atoms with Crippen LogP contribution in [0.5, 0.6) is 0 Å². The molecule has 2 N–H and O–H groups in total. The van der Waals surface area contributed by atoms with Crippen LogP contribution in [0.1, 0.15) is 55.1 Å². The first kappa shape index (κ1) is 41.5. The summed E-state index contributed by atoms with van der Waals surface area (Å²) >= 11 is 5.23. The summed E-state index contributed by atoms with van der Waals surface area (Å²) in [7, 11) is 0. The molecule has 0 fully saturated rings. The third kappa shape index (κ3) is 8.86. The Kier molecular flexibility index (Phi) is 11.2. The number of carbonyl (C=O) groups excluding carboxylic acids is 1. The molecule has 1 amide bonds. The molecule has 4 aromatic carbocycles. The number of aromatic carboxylic acids is 1. The molecule has 0 atom stereocenters. The molecule has 7 nitrogen and oxygen atoms in total. The lowest BCUT2D eigenvalue weighted by Gasteiger charge is -2.15. The van der Waals surface area contributed by atoms with Gasteiger partial charge in [0.15, 0.2) is 5.69 Å². The van der Waals surface area contributed by atoms with E-state index in [4.69, 9.17) is 16.6 Å². The number of fused-ring (bicyclic) bond motifs is 4. The zero-order valence-electron chi connectivity index (χ0n) is 28.8. The molecule has 0 saturated carbocycles. The van der Waals surface area contributed by atoms with Crippen LogP contribution in [-0.2, 0) is 31.4 Å². The maximum absolute atomic E-state index is 14.3. The van der Waals surface area contributed by atoms with E-state index in [0.29, 0.717) is 40.3 Å². The minimum absolute atomic E-state index is 0.112. The number of pyridine rings is 1. The van der Waals surface area contributed by atoms with Crippen LogP contribution in [0.25, 0.3) is 33.3 Å². The first-order valence-corrected chi connectivity index (χ1v) is 16.9. The number of carboxylic acid groups (broad SMARTS) is 1. The Morgan fingerprint density at radius 3 is 2.03 bits per heavy atom. The third-order valence-corrected chi connectivity index (χ3v) is 8.98. The number of hydrogen-bond acceptors (Lipinski definition) is 5. The van der Waals surface area contributed by atoms with Gasteiger partial charge in [0.25, 0.3) is 5.91 Å². The number of alkyl halides is 9. The van der Waals surface area contributed by atoms with E-state index in [1.165, 1.54) is 24.3 Å². The number of aryl methyl sites for hydroxylation is 1. The summed E-state index contributed by atoms with van der Waals surface area (Å²) in [4.78, 5) is 34.8. The second-order valence-electron chi connectivity index (χ2n) is 12.6. The van der Waals surface area contributed by atoms with Crippen molar-refractivity contribution >= 4 is 40.1 Å². The SMILES string of the molecule is O=C(Nc1cc(C(F)(F)F)cc(C(F)(F)F)c1)c1cnc(Cl)nc1C(F)(F)F.O=C(O)c1c2c(nc3ccc(F)cc13)-c1ccc(-c3ccccc3F)cc1CCC2. The van der Waals surface area contributed by atoms with Crippen LogP contribution >= 0.6 is 11.6 Å². The molecule has 0 spiro atoms. The van der Waals surface area contributed by atoms with Gasteiger partial charge >= 0.3 is 24.5 Å². The number of nitrogens with zero attached hydrogens (tertiary/aromatic N) is 3. The Labute approximate surface area is 324 Å². The minimum Gasteiger partial charge on any atom is -0.478 e. The van der Waals surface area contributed by atoms with E-state index in [1.807, 2.05) is 18.2 Å². The van der Waals surface area contributed by atoms with Crippen LogP contribution in [0.15, 0.2) is 85.1 Å². The summed E-state index contributed by atoms with van der Waals surface area (Å²) in [6.45, 7) is 0. The highest BCUT2D eigenvalue weighted by Crippen LogP contribution is 2.40. The number of aromatic nitrogens is 3. The molecule has 58 heavy (non-hydrogen) atoms. The summed E-state index contributed by atoms with van der Waals surface area (Å²) in [6, 6.07) is 16.4. The third-order valence-electron chi connectivity index (χ3n) is 8.80. The van der Waals surface area contributed by atoms with Crippen LogP contribution in [0.3, 0.4) is 0 Å². The predicted octanol–water partition coefficient (Wildman–Crippen LogP) is 11.5. The average Bonchev–Trinajstić information content (AvgIpc) is 3.31. The zero-order valence-corrected chi connectivity index (χ0v) is 29.6. The first-order chi connectivity index (χ1) is 27.1.